The van der Waals surface area contributed by atoms with Gasteiger partial charge in [-0.2, -0.15) is 0 Å². The van der Waals surface area contributed by atoms with Crippen LogP contribution in [0.15, 0.2) is 27.9 Å². The Morgan fingerprint density at radius 1 is 1.18 bits per heavy atom. The van der Waals surface area contributed by atoms with Gasteiger partial charge in [-0.05, 0) is 51.3 Å². The summed E-state index contributed by atoms with van der Waals surface area (Å²) in [6, 6.07) is 5.23. The van der Waals surface area contributed by atoms with E-state index in [1.54, 1.807) is 25.1 Å². The van der Waals surface area contributed by atoms with E-state index in [0.717, 1.165) is 12.8 Å². The summed E-state index contributed by atoms with van der Waals surface area (Å²) in [6.45, 7) is 12.2. The van der Waals surface area contributed by atoms with Crippen molar-refractivity contribution in [3.8, 4) is 17.1 Å². The number of unbranched alkanes of at least 4 members (excludes halogenated alkanes) is 2. The molecule has 1 unspecified atom stereocenters. The number of rotatable bonds is 14. The fraction of sp³-hybridized carbons (Fsp3) is 0.607. The molecule has 1 aliphatic rings. The number of H-pyrrole nitrogens is 1. The number of aliphatic hydroxyl groups is 1. The molecular weight excluding hydrogens is 504 g/mol. The lowest BCUT2D eigenvalue weighted by Crippen LogP contribution is -2.52. The summed E-state index contributed by atoms with van der Waals surface area (Å²) in [4.78, 5) is 20.6. The molecule has 3 N–H and O–H groups in total. The molecule has 212 valence electrons. The van der Waals surface area contributed by atoms with Crippen molar-refractivity contribution in [1.82, 2.24) is 14.3 Å². The summed E-state index contributed by atoms with van der Waals surface area (Å²) in [7, 11) is -1.40. The number of aromatic amines is 1. The molecule has 0 bridgehead atoms. The van der Waals surface area contributed by atoms with Crippen LogP contribution >= 0.6 is 0 Å². The summed E-state index contributed by atoms with van der Waals surface area (Å²) in [5, 5.41) is 17.2. The minimum absolute atomic E-state index is 0.0343. The van der Waals surface area contributed by atoms with Crippen LogP contribution in [-0.4, -0.2) is 68.3 Å². The Hall–Kier alpha value is -2.40. The van der Waals surface area contributed by atoms with E-state index in [2.05, 4.69) is 23.8 Å². The zero-order valence-electron chi connectivity index (χ0n) is 23.5. The lowest BCUT2D eigenvalue weighted by molar-refractivity contribution is -0.0201. The van der Waals surface area contributed by atoms with Crippen molar-refractivity contribution >= 4 is 16.7 Å². The van der Waals surface area contributed by atoms with Crippen LogP contribution in [0.5, 0.6) is 5.75 Å². The van der Waals surface area contributed by atoms with Crippen LogP contribution in [0.25, 0.3) is 11.4 Å². The molecule has 1 aromatic heterocycles. The number of hydrogen-bond donors (Lipinski definition) is 3. The molecule has 2 heterocycles. The Kier molecular flexibility index (Phi) is 13.8. The second-order valence-corrected chi connectivity index (χ2v) is 10.7. The van der Waals surface area contributed by atoms with Crippen molar-refractivity contribution in [1.29, 1.82) is 5.41 Å². The molecular formula is C28H44N4O5S. The summed E-state index contributed by atoms with van der Waals surface area (Å²) in [5.41, 5.74) is 1.33. The van der Waals surface area contributed by atoms with Crippen LogP contribution in [0.1, 0.15) is 77.5 Å². The van der Waals surface area contributed by atoms with Crippen LogP contribution in [0, 0.1) is 12.3 Å². The lowest BCUT2D eigenvalue weighted by atomic mass is 10.1. The predicted molar refractivity (Wildman–Crippen MR) is 153 cm³/mol. The average Bonchev–Trinajstić information content (AvgIpc) is 2.89. The quantitative estimate of drug-likeness (QED) is 0.234. The predicted octanol–water partition coefficient (Wildman–Crippen LogP) is 4.61. The molecule has 0 amide bonds. The van der Waals surface area contributed by atoms with Gasteiger partial charge in [0.2, 0.25) is 0 Å². The maximum Gasteiger partial charge on any atom is 0.254 e. The highest BCUT2D eigenvalue weighted by Crippen LogP contribution is 2.31. The van der Waals surface area contributed by atoms with Gasteiger partial charge in [0.1, 0.15) is 22.6 Å². The average molecular weight is 549 g/mol. The number of ether oxygens (including phenoxy) is 2. The molecule has 10 heteroatoms. The van der Waals surface area contributed by atoms with E-state index in [9.17, 15) is 9.00 Å². The normalized spacial score (nSPS) is 14.4. The van der Waals surface area contributed by atoms with Crippen molar-refractivity contribution in [2.45, 2.75) is 84.1 Å². The van der Waals surface area contributed by atoms with E-state index in [-0.39, 0.29) is 18.3 Å². The van der Waals surface area contributed by atoms with E-state index < -0.39 is 11.0 Å². The van der Waals surface area contributed by atoms with Gasteiger partial charge in [-0.1, -0.05) is 40.0 Å². The third-order valence-electron chi connectivity index (χ3n) is 6.10. The Labute approximate surface area is 229 Å². The molecule has 38 heavy (non-hydrogen) atoms. The number of hydrogen-bond acceptors (Lipinski definition) is 7. The third kappa shape index (κ3) is 8.83. The molecule has 9 nitrogen and oxygen atoms in total. The molecule has 1 saturated heterocycles. The molecule has 0 aliphatic carbocycles. The summed E-state index contributed by atoms with van der Waals surface area (Å²) < 4.78 is 26.5. The van der Waals surface area contributed by atoms with Crippen LogP contribution in [0.2, 0.25) is 0 Å². The lowest BCUT2D eigenvalue weighted by Gasteiger charge is -2.37. The van der Waals surface area contributed by atoms with E-state index in [1.807, 2.05) is 18.2 Å². The fourth-order valence-corrected chi connectivity index (χ4v) is 4.97. The Balaban J connectivity index is 0.00000118. The highest BCUT2D eigenvalue weighted by molar-refractivity contribution is 7.82. The van der Waals surface area contributed by atoms with E-state index in [1.165, 1.54) is 12.8 Å². The van der Waals surface area contributed by atoms with Gasteiger partial charge in [-0.15, -0.1) is 0 Å². The van der Waals surface area contributed by atoms with E-state index in [0.29, 0.717) is 78.1 Å². The number of nitrogens with one attached hydrogen (secondary N) is 2. The summed E-state index contributed by atoms with van der Waals surface area (Å²) in [5.74, 6) is 0.819. The molecule has 0 saturated carbocycles. The minimum atomic E-state index is -1.40. The second-order valence-electron chi connectivity index (χ2n) is 9.23. The van der Waals surface area contributed by atoms with Gasteiger partial charge >= 0.3 is 0 Å². The van der Waals surface area contributed by atoms with Crippen LogP contribution in [0.3, 0.4) is 0 Å². The zero-order chi connectivity index (χ0) is 28.1. The molecule has 0 spiro atoms. The van der Waals surface area contributed by atoms with E-state index in [4.69, 9.17) is 20.0 Å². The monoisotopic (exact) mass is 548 g/mol. The third-order valence-corrected chi connectivity index (χ3v) is 7.52. The van der Waals surface area contributed by atoms with Gasteiger partial charge in [0.25, 0.3) is 5.56 Å². The highest BCUT2D eigenvalue weighted by Gasteiger charge is 2.32. The molecule has 0 radical (unpaired) electrons. The molecule has 2 aromatic rings. The van der Waals surface area contributed by atoms with Crippen molar-refractivity contribution < 1.29 is 18.8 Å². The Morgan fingerprint density at radius 3 is 2.50 bits per heavy atom. The van der Waals surface area contributed by atoms with Gasteiger partial charge in [-0.25, -0.2) is 13.5 Å². The molecule has 1 atom stereocenters. The van der Waals surface area contributed by atoms with Crippen molar-refractivity contribution in [2.24, 2.45) is 0 Å². The van der Waals surface area contributed by atoms with Gasteiger partial charge in [-0.3, -0.25) is 4.79 Å². The van der Waals surface area contributed by atoms with Crippen molar-refractivity contribution in [3.63, 3.8) is 0 Å². The maximum atomic E-state index is 13.2. The zero-order valence-corrected chi connectivity index (χ0v) is 24.3. The molecule has 1 aromatic carbocycles. The number of aliphatic hydroxyl groups excluding tert-OH is 1. The maximum absolute atomic E-state index is 13.2. The smallest absolute Gasteiger partial charge is 0.254 e. The van der Waals surface area contributed by atoms with Gasteiger partial charge < -0.3 is 25.0 Å². The van der Waals surface area contributed by atoms with Crippen LogP contribution < -0.4 is 10.3 Å². The van der Waals surface area contributed by atoms with Crippen LogP contribution in [-0.2, 0) is 15.7 Å². The summed E-state index contributed by atoms with van der Waals surface area (Å²) >= 11 is 0. The van der Waals surface area contributed by atoms with Crippen molar-refractivity contribution in [2.75, 3.05) is 32.9 Å². The minimum Gasteiger partial charge on any atom is -0.493 e. The summed E-state index contributed by atoms with van der Waals surface area (Å²) in [6.07, 6.45) is 5.50. The van der Waals surface area contributed by atoms with Crippen molar-refractivity contribution in [3.05, 3.63) is 39.8 Å². The Bertz CT molecular complexity index is 1110. The second kappa shape index (κ2) is 16.5. The first-order valence-electron chi connectivity index (χ1n) is 13.7. The highest BCUT2D eigenvalue weighted by atomic mass is 32.2. The largest absolute Gasteiger partial charge is 0.493 e. The molecule has 1 fully saturated rings. The van der Waals surface area contributed by atoms with E-state index >= 15 is 0 Å². The first-order valence-corrected chi connectivity index (χ1v) is 14.8. The topological polar surface area (TPSA) is 129 Å². The number of aromatic nitrogens is 2. The molecule has 3 rings (SSSR count). The SMILES string of the molecule is CCCC.CCCC(=N)c1nc(-c2cc(S(=O)N3CC(OCCCCO)C3)ccc2OCC)[nH]c(=O)c1C. The molecule has 1 aliphatic heterocycles. The first kappa shape index (κ1) is 31.8. The fourth-order valence-electron chi connectivity index (χ4n) is 3.66. The van der Waals surface area contributed by atoms with Gasteiger partial charge in [0.05, 0.1) is 34.6 Å². The number of nitrogens with zero attached hydrogens (tertiary/aromatic N) is 2. The van der Waals surface area contributed by atoms with Gasteiger partial charge in [0, 0.05) is 31.9 Å². The first-order chi connectivity index (χ1) is 18.3. The Morgan fingerprint density at radius 2 is 1.89 bits per heavy atom. The standard InChI is InChI=1S/C24H34N4O5S.C4H10/c1-4-8-20(25)22-16(3)24(30)27-23(26-22)19-13-18(9-10-21(19)32-5-2)34(31)28-14-17(15-28)33-12-7-6-11-29;1-3-4-2/h9-10,13,17,25,29H,4-8,11-12,14-15H2,1-3H3,(H,26,27,30);3-4H2,1-2H3. The number of benzene rings is 1. The van der Waals surface area contributed by atoms with Crippen LogP contribution in [0.4, 0.5) is 0 Å². The van der Waals surface area contributed by atoms with Gasteiger partial charge in [0.15, 0.2) is 0 Å².